The third-order valence-corrected chi connectivity index (χ3v) is 12.0. The molecule has 1 nitrogen and oxygen atoms in total. The van der Waals surface area contributed by atoms with Crippen LogP contribution in [0.15, 0.2) is 188 Å². The summed E-state index contributed by atoms with van der Waals surface area (Å²) in [7, 11) is 0. The minimum atomic E-state index is -0.212. The maximum Gasteiger partial charge on any atom is 0.0462 e. The van der Waals surface area contributed by atoms with Gasteiger partial charge in [0.1, 0.15) is 0 Å². The van der Waals surface area contributed by atoms with Crippen LogP contribution < -0.4 is 4.90 Å². The number of hydrogen-bond donors (Lipinski definition) is 0. The second-order valence-electron chi connectivity index (χ2n) is 14.5. The van der Waals surface area contributed by atoms with Gasteiger partial charge in [0.25, 0.3) is 0 Å². The number of thiophene rings is 1. The zero-order valence-corrected chi connectivity index (χ0v) is 32.2. The van der Waals surface area contributed by atoms with Crippen LogP contribution in [-0.2, 0) is 5.41 Å². The summed E-state index contributed by atoms with van der Waals surface area (Å²) in [5.74, 6) is 0. The van der Waals surface area contributed by atoms with E-state index in [-0.39, 0.29) is 5.41 Å². The Morgan fingerprint density at radius 3 is 2.19 bits per heavy atom. The Kier molecular flexibility index (Phi) is 9.63. The first-order chi connectivity index (χ1) is 26.4. The molecule has 0 bridgehead atoms. The summed E-state index contributed by atoms with van der Waals surface area (Å²) in [5, 5.41) is 2.66. The first-order valence-electron chi connectivity index (χ1n) is 18.8. The maximum absolute atomic E-state index is 4.37. The molecule has 0 unspecified atom stereocenters. The molecule has 0 N–H and O–H groups in total. The second kappa shape index (κ2) is 14.8. The summed E-state index contributed by atoms with van der Waals surface area (Å²) in [4.78, 5) is 2.33. The highest BCUT2D eigenvalue weighted by molar-refractivity contribution is 7.25. The Hall–Kier alpha value is -5.96. The normalized spacial score (nSPS) is 15.4. The van der Waals surface area contributed by atoms with Gasteiger partial charge in [0.05, 0.1) is 0 Å². The Morgan fingerprint density at radius 1 is 0.759 bits per heavy atom. The van der Waals surface area contributed by atoms with Crippen LogP contribution in [0.5, 0.6) is 0 Å². The van der Waals surface area contributed by atoms with Crippen molar-refractivity contribution in [1.29, 1.82) is 0 Å². The zero-order chi connectivity index (χ0) is 37.2. The van der Waals surface area contributed by atoms with Crippen molar-refractivity contribution >= 4 is 60.1 Å². The monoisotopic (exact) mass is 715 g/mol. The van der Waals surface area contributed by atoms with Crippen molar-refractivity contribution in [2.45, 2.75) is 39.0 Å². The quantitative estimate of drug-likeness (QED) is 0.128. The molecule has 0 radical (unpaired) electrons. The van der Waals surface area contributed by atoms with E-state index < -0.39 is 0 Å². The van der Waals surface area contributed by atoms with Crippen molar-refractivity contribution < 1.29 is 0 Å². The average Bonchev–Trinajstić information content (AvgIpc) is 3.71. The number of fused-ring (bicyclic) bond motifs is 4. The summed E-state index contributed by atoms with van der Waals surface area (Å²) >= 11 is 1.86. The predicted octanol–water partition coefficient (Wildman–Crippen LogP) is 15.2. The topological polar surface area (TPSA) is 3.24 Å². The molecule has 5 aromatic carbocycles. The molecule has 8 rings (SSSR count). The lowest BCUT2D eigenvalue weighted by atomic mass is 9.80. The lowest BCUT2D eigenvalue weighted by molar-refractivity contribution is 0.654. The number of anilines is 2. The molecule has 2 heteroatoms. The summed E-state index contributed by atoms with van der Waals surface area (Å²) in [5.41, 5.74) is 14.2. The van der Waals surface area contributed by atoms with Gasteiger partial charge in [0.15, 0.2) is 0 Å². The summed E-state index contributed by atoms with van der Waals surface area (Å²) in [6.07, 6.45) is 23.7. The third-order valence-electron chi connectivity index (χ3n) is 10.9. The smallest absolute Gasteiger partial charge is 0.0462 e. The molecule has 6 aromatic rings. The van der Waals surface area contributed by atoms with Crippen LogP contribution in [0.2, 0.25) is 0 Å². The Balaban J connectivity index is 1.16. The molecule has 0 saturated heterocycles. The third kappa shape index (κ3) is 6.59. The van der Waals surface area contributed by atoms with Crippen molar-refractivity contribution in [3.05, 3.63) is 211 Å². The molecule has 0 amide bonds. The molecule has 264 valence electrons. The molecular weight excluding hydrogens is 671 g/mol. The SMILES string of the molecule is C=C/C=C\C(=C/C)c1ccc(N(/C(C=C)=C/C2=Cc3ccc(-c4ccc5sc6ccccc6c5c4)cc3C2(C)C)c2ccc(C3=CCCC=C3)cc2)cc1. The summed E-state index contributed by atoms with van der Waals surface area (Å²) in [6, 6.07) is 40.4. The summed E-state index contributed by atoms with van der Waals surface area (Å²) in [6.45, 7) is 15.0. The van der Waals surface area contributed by atoms with Gasteiger partial charge < -0.3 is 4.90 Å². The zero-order valence-electron chi connectivity index (χ0n) is 31.3. The van der Waals surface area contributed by atoms with Gasteiger partial charge in [0, 0.05) is 42.7 Å². The fraction of sp³-hybridized carbons (Fsp3) is 0.115. The lowest BCUT2D eigenvalue weighted by Gasteiger charge is -2.29. The highest BCUT2D eigenvalue weighted by Crippen LogP contribution is 2.46. The van der Waals surface area contributed by atoms with E-state index in [1.54, 1.807) is 0 Å². The van der Waals surface area contributed by atoms with Crippen molar-refractivity contribution in [1.82, 2.24) is 0 Å². The van der Waals surface area contributed by atoms with Gasteiger partial charge >= 0.3 is 0 Å². The molecule has 1 heterocycles. The van der Waals surface area contributed by atoms with Gasteiger partial charge in [-0.05, 0) is 131 Å². The van der Waals surface area contributed by atoms with Crippen LogP contribution in [0.25, 0.3) is 48.5 Å². The molecule has 0 spiro atoms. The molecule has 0 fully saturated rings. The van der Waals surface area contributed by atoms with Gasteiger partial charge in [0.2, 0.25) is 0 Å². The Labute approximate surface area is 324 Å². The fourth-order valence-electron chi connectivity index (χ4n) is 7.82. The molecule has 1 aromatic heterocycles. The van der Waals surface area contributed by atoms with Gasteiger partial charge in [-0.2, -0.15) is 0 Å². The average molecular weight is 716 g/mol. The van der Waals surface area contributed by atoms with E-state index in [4.69, 9.17) is 0 Å². The molecule has 54 heavy (non-hydrogen) atoms. The van der Waals surface area contributed by atoms with Crippen molar-refractivity contribution in [3.63, 3.8) is 0 Å². The minimum Gasteiger partial charge on any atom is -0.311 e. The van der Waals surface area contributed by atoms with Gasteiger partial charge in [-0.25, -0.2) is 0 Å². The second-order valence-corrected chi connectivity index (χ2v) is 15.6. The first-order valence-corrected chi connectivity index (χ1v) is 19.7. The van der Waals surface area contributed by atoms with E-state index in [0.29, 0.717) is 0 Å². The highest BCUT2D eigenvalue weighted by Gasteiger charge is 2.33. The van der Waals surface area contributed by atoms with Crippen LogP contribution >= 0.6 is 11.3 Å². The van der Waals surface area contributed by atoms with E-state index in [2.05, 4.69) is 191 Å². The fourth-order valence-corrected chi connectivity index (χ4v) is 8.91. The number of nitrogens with zero attached hydrogens (tertiary/aromatic N) is 1. The first kappa shape index (κ1) is 35.1. The van der Waals surface area contributed by atoms with Crippen molar-refractivity contribution in [2.75, 3.05) is 4.90 Å². The van der Waals surface area contributed by atoms with Gasteiger partial charge in [-0.15, -0.1) is 11.3 Å². The molecule has 2 aliphatic rings. The van der Waals surface area contributed by atoms with E-state index in [1.807, 2.05) is 29.6 Å². The van der Waals surface area contributed by atoms with E-state index in [1.165, 1.54) is 59.1 Å². The van der Waals surface area contributed by atoms with Crippen LogP contribution in [0.4, 0.5) is 11.4 Å². The minimum absolute atomic E-state index is 0.212. The van der Waals surface area contributed by atoms with Gasteiger partial charge in [-0.3, -0.25) is 0 Å². The van der Waals surface area contributed by atoms with Crippen LogP contribution in [0.3, 0.4) is 0 Å². The molecule has 2 aliphatic carbocycles. The summed E-state index contributed by atoms with van der Waals surface area (Å²) < 4.78 is 2.66. The largest absolute Gasteiger partial charge is 0.311 e. The van der Waals surface area contributed by atoms with Crippen molar-refractivity contribution in [3.8, 4) is 11.1 Å². The van der Waals surface area contributed by atoms with Crippen LogP contribution in [0.1, 0.15) is 55.9 Å². The maximum atomic E-state index is 4.37. The predicted molar refractivity (Wildman–Crippen MR) is 238 cm³/mol. The van der Waals surface area contributed by atoms with E-state index in [0.717, 1.165) is 41.1 Å². The number of benzene rings is 5. The molecule has 0 saturated carbocycles. The van der Waals surface area contributed by atoms with E-state index >= 15 is 0 Å². The lowest BCUT2D eigenvalue weighted by Crippen LogP contribution is -2.19. The van der Waals surface area contributed by atoms with E-state index in [9.17, 15) is 0 Å². The van der Waals surface area contributed by atoms with Crippen LogP contribution in [-0.4, -0.2) is 0 Å². The van der Waals surface area contributed by atoms with Gasteiger partial charge in [-0.1, -0.05) is 136 Å². The number of rotatable bonds is 10. The Morgan fingerprint density at radius 2 is 1.46 bits per heavy atom. The number of hydrogen-bond acceptors (Lipinski definition) is 2. The molecular formula is C52H45NS. The highest BCUT2D eigenvalue weighted by atomic mass is 32.1. The standard InChI is InChI=1S/C52H45NS/c1-6-9-15-36(7-2)38-22-27-45(28-23-38)53(46-29-24-39(25-30-46)37-16-11-10-12-17-37)44(8-3)35-43-32-42-21-20-41(34-49(42)52(43,4)5)40-26-31-51-48(33-40)47-18-13-14-19-50(47)54-51/h6-9,11,13-35H,1,3,10,12H2,2,4-5H3/b15-9-,36-7+,44-35+. The molecule has 0 aliphatic heterocycles. The molecule has 0 atom stereocenters. The van der Waals surface area contributed by atoms with Crippen molar-refractivity contribution in [2.24, 2.45) is 0 Å². The Bertz CT molecular complexity index is 2590. The number of allylic oxidation sites excluding steroid dienone is 12. The van der Waals surface area contributed by atoms with Crippen LogP contribution in [0, 0.1) is 0 Å².